The van der Waals surface area contributed by atoms with Gasteiger partial charge < -0.3 is 10.1 Å². The SMILES string of the molecule is C=C(C)CSc1ccc2nc(NC(=O)O)[nH]c2c1. The summed E-state index contributed by atoms with van der Waals surface area (Å²) < 4.78 is 0. The lowest BCUT2D eigenvalue weighted by Crippen LogP contribution is -2.08. The van der Waals surface area contributed by atoms with Gasteiger partial charge in [-0.1, -0.05) is 12.2 Å². The van der Waals surface area contributed by atoms with Gasteiger partial charge in [0.15, 0.2) is 0 Å². The first kappa shape index (κ1) is 12.5. The van der Waals surface area contributed by atoms with Crippen LogP contribution in [0.25, 0.3) is 11.0 Å². The van der Waals surface area contributed by atoms with Crippen molar-refractivity contribution in [2.24, 2.45) is 0 Å². The Balaban J connectivity index is 2.22. The molecule has 0 saturated carbocycles. The highest BCUT2D eigenvalue weighted by molar-refractivity contribution is 7.99. The molecule has 5 nitrogen and oxygen atoms in total. The van der Waals surface area contributed by atoms with E-state index < -0.39 is 6.09 Å². The van der Waals surface area contributed by atoms with E-state index in [4.69, 9.17) is 5.11 Å². The summed E-state index contributed by atoms with van der Waals surface area (Å²) >= 11 is 1.68. The summed E-state index contributed by atoms with van der Waals surface area (Å²) in [6, 6.07) is 5.77. The van der Waals surface area contributed by atoms with E-state index in [0.29, 0.717) is 0 Å². The molecule has 0 fully saturated rings. The van der Waals surface area contributed by atoms with Gasteiger partial charge in [0.25, 0.3) is 0 Å². The minimum absolute atomic E-state index is 0.236. The van der Waals surface area contributed by atoms with Gasteiger partial charge in [0.1, 0.15) is 0 Å². The third kappa shape index (κ3) is 3.04. The minimum atomic E-state index is -1.13. The Bertz CT molecular complexity index is 606. The van der Waals surface area contributed by atoms with Crippen LogP contribution in [0.4, 0.5) is 10.7 Å². The van der Waals surface area contributed by atoms with Gasteiger partial charge in [0.05, 0.1) is 11.0 Å². The number of imidazole rings is 1. The Morgan fingerprint density at radius 2 is 2.39 bits per heavy atom. The first-order valence-electron chi connectivity index (χ1n) is 5.31. The van der Waals surface area contributed by atoms with Crippen LogP contribution in [-0.4, -0.2) is 26.9 Å². The molecule has 0 spiro atoms. The lowest BCUT2D eigenvalue weighted by molar-refractivity contribution is 0.209. The number of rotatable bonds is 4. The van der Waals surface area contributed by atoms with Gasteiger partial charge in [-0.2, -0.15) is 0 Å². The van der Waals surface area contributed by atoms with Crippen molar-refractivity contribution in [2.45, 2.75) is 11.8 Å². The van der Waals surface area contributed by atoms with Gasteiger partial charge in [-0.15, -0.1) is 11.8 Å². The Labute approximate surface area is 108 Å². The summed E-state index contributed by atoms with van der Waals surface area (Å²) in [5.41, 5.74) is 2.65. The van der Waals surface area contributed by atoms with Gasteiger partial charge in [0, 0.05) is 10.6 Å². The van der Waals surface area contributed by atoms with Crippen LogP contribution in [0.2, 0.25) is 0 Å². The van der Waals surface area contributed by atoms with Gasteiger partial charge in [0.2, 0.25) is 5.95 Å². The molecule has 0 unspecified atom stereocenters. The number of aromatic nitrogens is 2. The van der Waals surface area contributed by atoms with Crippen molar-refractivity contribution in [1.29, 1.82) is 0 Å². The summed E-state index contributed by atoms with van der Waals surface area (Å²) in [5.74, 6) is 1.10. The number of H-pyrrole nitrogens is 1. The highest BCUT2D eigenvalue weighted by atomic mass is 32.2. The lowest BCUT2D eigenvalue weighted by Gasteiger charge is -2.00. The van der Waals surface area contributed by atoms with E-state index in [2.05, 4.69) is 21.9 Å². The maximum Gasteiger partial charge on any atom is 0.411 e. The number of thioether (sulfide) groups is 1. The number of benzene rings is 1. The lowest BCUT2D eigenvalue weighted by atomic mass is 10.3. The quantitative estimate of drug-likeness (QED) is 0.584. The predicted octanol–water partition coefficient (Wildman–Crippen LogP) is 3.32. The van der Waals surface area contributed by atoms with Crippen molar-refractivity contribution in [3.05, 3.63) is 30.4 Å². The van der Waals surface area contributed by atoms with E-state index in [1.54, 1.807) is 11.8 Å². The van der Waals surface area contributed by atoms with Crippen LogP contribution >= 0.6 is 11.8 Å². The fourth-order valence-corrected chi connectivity index (χ4v) is 2.22. The van der Waals surface area contributed by atoms with Crippen LogP contribution in [0.3, 0.4) is 0 Å². The van der Waals surface area contributed by atoms with Crippen LogP contribution in [0.5, 0.6) is 0 Å². The molecular formula is C12H13N3O2S. The largest absolute Gasteiger partial charge is 0.465 e. The van der Waals surface area contributed by atoms with Crippen LogP contribution in [0.15, 0.2) is 35.2 Å². The zero-order chi connectivity index (χ0) is 13.1. The molecule has 0 radical (unpaired) electrons. The molecule has 0 saturated heterocycles. The Hall–Kier alpha value is -1.95. The molecule has 1 amide bonds. The van der Waals surface area contributed by atoms with E-state index in [-0.39, 0.29) is 5.95 Å². The molecule has 0 aliphatic heterocycles. The normalized spacial score (nSPS) is 10.5. The van der Waals surface area contributed by atoms with Crippen LogP contribution in [0, 0.1) is 0 Å². The molecule has 18 heavy (non-hydrogen) atoms. The molecule has 2 aromatic rings. The highest BCUT2D eigenvalue weighted by Gasteiger charge is 2.06. The molecule has 0 atom stereocenters. The van der Waals surface area contributed by atoms with Gasteiger partial charge in [-0.25, -0.2) is 9.78 Å². The molecule has 3 N–H and O–H groups in total. The molecule has 0 bridgehead atoms. The monoisotopic (exact) mass is 263 g/mol. The summed E-state index contributed by atoms with van der Waals surface area (Å²) in [4.78, 5) is 18.6. The van der Waals surface area contributed by atoms with Crippen molar-refractivity contribution < 1.29 is 9.90 Å². The number of carboxylic acid groups (broad SMARTS) is 1. The number of hydrogen-bond acceptors (Lipinski definition) is 3. The van der Waals surface area contributed by atoms with E-state index >= 15 is 0 Å². The zero-order valence-electron chi connectivity index (χ0n) is 9.86. The number of nitrogens with zero attached hydrogens (tertiary/aromatic N) is 1. The molecule has 0 aliphatic carbocycles. The zero-order valence-corrected chi connectivity index (χ0v) is 10.7. The van der Waals surface area contributed by atoms with Crippen molar-refractivity contribution in [3.8, 4) is 0 Å². The number of amides is 1. The van der Waals surface area contributed by atoms with Crippen LogP contribution in [0.1, 0.15) is 6.92 Å². The molecular weight excluding hydrogens is 250 g/mol. The number of anilines is 1. The molecule has 1 aromatic heterocycles. The first-order chi connectivity index (χ1) is 8.54. The topological polar surface area (TPSA) is 78.0 Å². The van der Waals surface area contributed by atoms with E-state index in [1.165, 1.54) is 0 Å². The van der Waals surface area contributed by atoms with Gasteiger partial charge >= 0.3 is 6.09 Å². The molecule has 0 aliphatic rings. The van der Waals surface area contributed by atoms with Gasteiger partial charge in [-0.05, 0) is 25.1 Å². The average Bonchev–Trinajstić information content (AvgIpc) is 2.66. The number of nitrogens with one attached hydrogen (secondary N) is 2. The standard InChI is InChI=1S/C12H13N3O2S/c1-7(2)6-18-8-3-4-9-10(5-8)14-11(13-9)15-12(16)17/h3-5H,1,6H2,2H3,(H,16,17)(H2,13,14,15). The van der Waals surface area contributed by atoms with E-state index in [9.17, 15) is 4.79 Å². The molecule has 2 rings (SSSR count). The fraction of sp³-hybridized carbons (Fsp3) is 0.167. The Kier molecular flexibility index (Phi) is 3.57. The second-order valence-electron chi connectivity index (χ2n) is 3.94. The number of aromatic amines is 1. The van der Waals surface area contributed by atoms with Crippen LogP contribution < -0.4 is 5.32 Å². The van der Waals surface area contributed by atoms with E-state index in [1.807, 2.05) is 25.1 Å². The third-order valence-electron chi connectivity index (χ3n) is 2.16. The van der Waals surface area contributed by atoms with Crippen molar-refractivity contribution >= 4 is 34.8 Å². The smallest absolute Gasteiger partial charge is 0.411 e. The van der Waals surface area contributed by atoms with Crippen molar-refractivity contribution in [2.75, 3.05) is 11.1 Å². The molecule has 94 valence electrons. The minimum Gasteiger partial charge on any atom is -0.465 e. The highest BCUT2D eigenvalue weighted by Crippen LogP contribution is 2.24. The number of carbonyl (C=O) groups is 1. The second kappa shape index (κ2) is 5.14. The number of hydrogen-bond donors (Lipinski definition) is 3. The summed E-state index contributed by atoms with van der Waals surface area (Å²) in [5, 5.41) is 10.8. The summed E-state index contributed by atoms with van der Waals surface area (Å²) in [7, 11) is 0. The van der Waals surface area contributed by atoms with Crippen LogP contribution in [-0.2, 0) is 0 Å². The van der Waals surface area contributed by atoms with Crippen molar-refractivity contribution in [3.63, 3.8) is 0 Å². The van der Waals surface area contributed by atoms with Gasteiger partial charge in [-0.3, -0.25) is 5.32 Å². The Morgan fingerprint density at radius 3 is 3.06 bits per heavy atom. The average molecular weight is 263 g/mol. The maximum absolute atomic E-state index is 10.5. The fourth-order valence-electron chi connectivity index (χ4n) is 1.45. The number of fused-ring (bicyclic) bond motifs is 1. The van der Waals surface area contributed by atoms with Crippen molar-refractivity contribution in [1.82, 2.24) is 9.97 Å². The molecule has 1 aromatic carbocycles. The van der Waals surface area contributed by atoms with E-state index in [0.717, 1.165) is 27.3 Å². The molecule has 6 heteroatoms. The summed E-state index contributed by atoms with van der Waals surface area (Å²) in [6.07, 6.45) is -1.13. The predicted molar refractivity (Wildman–Crippen MR) is 73.3 cm³/mol. The molecule has 1 heterocycles. The Morgan fingerprint density at radius 1 is 1.61 bits per heavy atom. The third-order valence-corrected chi connectivity index (χ3v) is 3.39. The second-order valence-corrected chi connectivity index (χ2v) is 4.99. The first-order valence-corrected chi connectivity index (χ1v) is 6.30. The summed E-state index contributed by atoms with van der Waals surface area (Å²) in [6.45, 7) is 5.84. The maximum atomic E-state index is 10.5.